The number of rotatable bonds is 6. The summed E-state index contributed by atoms with van der Waals surface area (Å²) in [6, 6.07) is 4.37. The number of hydrogen-bond donors (Lipinski definition) is 1. The van der Waals surface area contributed by atoms with Crippen LogP contribution in [0.4, 0.5) is 0 Å². The lowest BCUT2D eigenvalue weighted by Crippen LogP contribution is -2.25. The fourth-order valence-electron chi connectivity index (χ4n) is 1.50. The highest BCUT2D eigenvalue weighted by Crippen LogP contribution is 2.34. The van der Waals surface area contributed by atoms with Gasteiger partial charge in [0.2, 0.25) is 0 Å². The van der Waals surface area contributed by atoms with E-state index >= 15 is 0 Å². The van der Waals surface area contributed by atoms with Crippen LogP contribution in [0.3, 0.4) is 0 Å². The molecule has 1 aromatic rings. The standard InChI is InChI=1S/C12H20BrNS/c1-4-8-14-9-7-12(2,3)10-5-6-11(13)15-10/h5-6,14H,4,7-9H2,1-3H3. The molecule has 0 radical (unpaired) electrons. The van der Waals surface area contributed by atoms with Gasteiger partial charge in [-0.1, -0.05) is 20.8 Å². The molecule has 1 nitrogen and oxygen atoms in total. The molecule has 1 heterocycles. The van der Waals surface area contributed by atoms with Crippen molar-refractivity contribution < 1.29 is 0 Å². The maximum Gasteiger partial charge on any atom is 0.0701 e. The smallest absolute Gasteiger partial charge is 0.0701 e. The zero-order chi connectivity index (χ0) is 11.3. The summed E-state index contributed by atoms with van der Waals surface area (Å²) in [5, 5.41) is 3.46. The molecule has 0 fully saturated rings. The third kappa shape index (κ3) is 4.25. The molecule has 0 aliphatic carbocycles. The molecule has 1 aromatic heterocycles. The highest BCUT2D eigenvalue weighted by Gasteiger charge is 2.21. The van der Waals surface area contributed by atoms with Crippen molar-refractivity contribution in [2.24, 2.45) is 0 Å². The van der Waals surface area contributed by atoms with Crippen molar-refractivity contribution in [1.29, 1.82) is 0 Å². The predicted molar refractivity (Wildman–Crippen MR) is 72.8 cm³/mol. The normalized spacial score (nSPS) is 12.0. The summed E-state index contributed by atoms with van der Waals surface area (Å²) in [4.78, 5) is 1.47. The van der Waals surface area contributed by atoms with E-state index in [2.05, 4.69) is 54.2 Å². The molecule has 0 bridgehead atoms. The zero-order valence-electron chi connectivity index (χ0n) is 9.77. The van der Waals surface area contributed by atoms with Crippen LogP contribution in [0, 0.1) is 0 Å². The van der Waals surface area contributed by atoms with E-state index in [4.69, 9.17) is 0 Å². The fraction of sp³-hybridized carbons (Fsp3) is 0.667. The summed E-state index contributed by atoms with van der Waals surface area (Å²) in [7, 11) is 0. The third-order valence-corrected chi connectivity index (χ3v) is 4.58. The monoisotopic (exact) mass is 289 g/mol. The molecule has 0 aliphatic rings. The van der Waals surface area contributed by atoms with Gasteiger partial charge in [0.1, 0.15) is 0 Å². The Bertz CT molecular complexity index is 294. The Kier molecular flexibility index (Phi) is 5.30. The van der Waals surface area contributed by atoms with E-state index in [0.29, 0.717) is 0 Å². The zero-order valence-corrected chi connectivity index (χ0v) is 12.2. The molecule has 0 saturated heterocycles. The first-order chi connectivity index (χ1) is 7.06. The largest absolute Gasteiger partial charge is 0.317 e. The molecule has 0 aliphatic heterocycles. The van der Waals surface area contributed by atoms with Gasteiger partial charge in [0.25, 0.3) is 0 Å². The van der Waals surface area contributed by atoms with Gasteiger partial charge in [-0.3, -0.25) is 0 Å². The van der Waals surface area contributed by atoms with Gasteiger partial charge in [0.05, 0.1) is 3.79 Å². The van der Waals surface area contributed by atoms with Crippen LogP contribution in [-0.2, 0) is 5.41 Å². The second-order valence-corrected chi connectivity index (χ2v) is 6.95. The molecule has 0 atom stereocenters. The van der Waals surface area contributed by atoms with Gasteiger partial charge in [-0.05, 0) is 54.0 Å². The van der Waals surface area contributed by atoms with Crippen molar-refractivity contribution in [3.8, 4) is 0 Å². The number of thiophene rings is 1. The Morgan fingerprint density at radius 1 is 1.33 bits per heavy atom. The highest BCUT2D eigenvalue weighted by molar-refractivity contribution is 9.11. The maximum atomic E-state index is 3.52. The Hall–Kier alpha value is 0.140. The van der Waals surface area contributed by atoms with Crippen molar-refractivity contribution in [2.45, 2.75) is 39.0 Å². The van der Waals surface area contributed by atoms with Gasteiger partial charge in [-0.15, -0.1) is 11.3 Å². The molecule has 0 saturated carbocycles. The fourth-order valence-corrected chi connectivity index (χ4v) is 3.02. The molecule has 15 heavy (non-hydrogen) atoms. The van der Waals surface area contributed by atoms with E-state index in [1.807, 2.05) is 11.3 Å². The molecular weight excluding hydrogens is 270 g/mol. The molecule has 3 heteroatoms. The van der Waals surface area contributed by atoms with Crippen molar-refractivity contribution >= 4 is 27.3 Å². The molecule has 1 N–H and O–H groups in total. The summed E-state index contributed by atoms with van der Waals surface area (Å²) >= 11 is 5.37. The van der Waals surface area contributed by atoms with E-state index in [9.17, 15) is 0 Å². The second kappa shape index (κ2) is 6.02. The van der Waals surface area contributed by atoms with Gasteiger partial charge in [-0.25, -0.2) is 0 Å². The maximum absolute atomic E-state index is 3.52. The number of nitrogens with one attached hydrogen (secondary N) is 1. The Morgan fingerprint density at radius 2 is 2.07 bits per heavy atom. The van der Waals surface area contributed by atoms with E-state index in [1.165, 1.54) is 21.5 Å². The van der Waals surface area contributed by atoms with Crippen LogP contribution in [-0.4, -0.2) is 13.1 Å². The van der Waals surface area contributed by atoms with Crippen LogP contribution in [0.15, 0.2) is 15.9 Å². The lowest BCUT2D eigenvalue weighted by molar-refractivity contribution is 0.465. The Morgan fingerprint density at radius 3 is 2.60 bits per heavy atom. The van der Waals surface area contributed by atoms with Gasteiger partial charge < -0.3 is 5.32 Å². The average molecular weight is 290 g/mol. The SMILES string of the molecule is CCCNCCC(C)(C)c1ccc(Br)s1. The van der Waals surface area contributed by atoms with Gasteiger partial charge in [0, 0.05) is 10.3 Å². The van der Waals surface area contributed by atoms with E-state index in [-0.39, 0.29) is 5.41 Å². The topological polar surface area (TPSA) is 12.0 Å². The second-order valence-electron chi connectivity index (χ2n) is 4.49. The van der Waals surface area contributed by atoms with E-state index in [0.717, 1.165) is 13.1 Å². The average Bonchev–Trinajstić information content (AvgIpc) is 2.60. The van der Waals surface area contributed by atoms with Crippen molar-refractivity contribution in [3.63, 3.8) is 0 Å². The Balaban J connectivity index is 2.44. The summed E-state index contributed by atoms with van der Waals surface area (Å²) < 4.78 is 1.23. The lowest BCUT2D eigenvalue weighted by atomic mass is 9.87. The summed E-state index contributed by atoms with van der Waals surface area (Å²) in [6.45, 7) is 9.08. The Labute approximate surface area is 105 Å². The van der Waals surface area contributed by atoms with Crippen LogP contribution in [0.2, 0.25) is 0 Å². The summed E-state index contributed by atoms with van der Waals surface area (Å²) in [5.74, 6) is 0. The first-order valence-corrected chi connectivity index (χ1v) is 7.14. The molecule has 0 unspecified atom stereocenters. The molecular formula is C12H20BrNS. The minimum absolute atomic E-state index is 0.289. The first kappa shape index (κ1) is 13.2. The summed E-state index contributed by atoms with van der Waals surface area (Å²) in [6.07, 6.45) is 2.41. The molecule has 0 amide bonds. The predicted octanol–water partition coefficient (Wildman–Crippen LogP) is 4.18. The summed E-state index contributed by atoms with van der Waals surface area (Å²) in [5.41, 5.74) is 0.289. The van der Waals surface area contributed by atoms with Crippen LogP contribution < -0.4 is 5.32 Å². The first-order valence-electron chi connectivity index (χ1n) is 5.53. The molecule has 0 spiro atoms. The van der Waals surface area contributed by atoms with Crippen molar-refractivity contribution in [1.82, 2.24) is 5.32 Å². The van der Waals surface area contributed by atoms with Crippen LogP contribution in [0.5, 0.6) is 0 Å². The van der Waals surface area contributed by atoms with E-state index in [1.54, 1.807) is 0 Å². The minimum Gasteiger partial charge on any atom is -0.317 e. The highest BCUT2D eigenvalue weighted by atomic mass is 79.9. The lowest BCUT2D eigenvalue weighted by Gasteiger charge is -2.23. The van der Waals surface area contributed by atoms with Crippen LogP contribution in [0.25, 0.3) is 0 Å². The van der Waals surface area contributed by atoms with Gasteiger partial charge in [0.15, 0.2) is 0 Å². The van der Waals surface area contributed by atoms with E-state index < -0.39 is 0 Å². The van der Waals surface area contributed by atoms with Gasteiger partial charge >= 0.3 is 0 Å². The van der Waals surface area contributed by atoms with Crippen LogP contribution in [0.1, 0.15) is 38.5 Å². The molecule has 86 valence electrons. The molecule has 0 aromatic carbocycles. The van der Waals surface area contributed by atoms with Crippen LogP contribution >= 0.6 is 27.3 Å². The quantitative estimate of drug-likeness (QED) is 0.775. The van der Waals surface area contributed by atoms with Crippen molar-refractivity contribution in [2.75, 3.05) is 13.1 Å². The number of halogens is 1. The molecule has 1 rings (SSSR count). The number of hydrogen-bond acceptors (Lipinski definition) is 2. The minimum atomic E-state index is 0.289. The van der Waals surface area contributed by atoms with Crippen molar-refractivity contribution in [3.05, 3.63) is 20.8 Å². The third-order valence-electron chi connectivity index (χ3n) is 2.59. The van der Waals surface area contributed by atoms with Gasteiger partial charge in [-0.2, -0.15) is 0 Å².